The lowest BCUT2D eigenvalue weighted by Crippen LogP contribution is -2.24. The first-order valence-corrected chi connectivity index (χ1v) is 7.96. The van der Waals surface area contributed by atoms with E-state index in [0.717, 1.165) is 36.6 Å². The predicted octanol–water partition coefficient (Wildman–Crippen LogP) is 3.14. The summed E-state index contributed by atoms with van der Waals surface area (Å²) in [5.41, 5.74) is 2.23. The lowest BCUT2D eigenvalue weighted by Gasteiger charge is -2.20. The van der Waals surface area contributed by atoms with Crippen molar-refractivity contribution >= 4 is 11.7 Å². The Morgan fingerprint density at radius 3 is 3.04 bits per heavy atom. The van der Waals surface area contributed by atoms with Gasteiger partial charge in [-0.3, -0.25) is 15.0 Å². The SMILES string of the molecule is O=C(Nc1cc(-c2cccc(F)c2F)[nH]n1)[C@@H]1CCCc2[nH]ncc21. The summed E-state index contributed by atoms with van der Waals surface area (Å²) >= 11 is 0. The minimum absolute atomic E-state index is 0.0581. The molecule has 3 N–H and O–H groups in total. The van der Waals surface area contributed by atoms with Gasteiger partial charge in [0.15, 0.2) is 17.5 Å². The minimum atomic E-state index is -0.959. The number of benzene rings is 1. The fraction of sp³-hybridized carbons (Fsp3) is 0.235. The number of nitrogens with zero attached hydrogens (tertiary/aromatic N) is 2. The number of amides is 1. The van der Waals surface area contributed by atoms with Gasteiger partial charge in [0.1, 0.15) is 0 Å². The Labute approximate surface area is 141 Å². The zero-order valence-electron chi connectivity index (χ0n) is 13.1. The number of aromatic amines is 2. The molecular weight excluding hydrogens is 328 g/mol. The zero-order chi connectivity index (χ0) is 17.4. The second-order valence-electron chi connectivity index (χ2n) is 6.01. The highest BCUT2D eigenvalue weighted by Crippen LogP contribution is 2.31. The summed E-state index contributed by atoms with van der Waals surface area (Å²) in [6, 6.07) is 5.38. The van der Waals surface area contributed by atoms with Crippen molar-refractivity contribution in [1.29, 1.82) is 0 Å². The highest BCUT2D eigenvalue weighted by Gasteiger charge is 2.28. The number of halogens is 2. The van der Waals surface area contributed by atoms with E-state index in [1.54, 1.807) is 6.20 Å². The van der Waals surface area contributed by atoms with Crippen LogP contribution in [0.5, 0.6) is 0 Å². The summed E-state index contributed by atoms with van der Waals surface area (Å²) in [5.74, 6) is -2.13. The number of carbonyl (C=O) groups is 1. The van der Waals surface area contributed by atoms with Crippen LogP contribution < -0.4 is 5.32 Å². The average molecular weight is 343 g/mol. The summed E-state index contributed by atoms with van der Waals surface area (Å²) in [7, 11) is 0. The lowest BCUT2D eigenvalue weighted by atomic mass is 9.86. The Morgan fingerprint density at radius 1 is 1.28 bits per heavy atom. The number of anilines is 1. The van der Waals surface area contributed by atoms with Crippen molar-refractivity contribution in [2.75, 3.05) is 5.32 Å². The molecule has 1 aliphatic carbocycles. The van der Waals surface area contributed by atoms with Gasteiger partial charge >= 0.3 is 0 Å². The molecule has 4 rings (SSSR count). The number of nitrogens with one attached hydrogen (secondary N) is 3. The van der Waals surface area contributed by atoms with Gasteiger partial charge in [0.2, 0.25) is 5.91 Å². The number of H-pyrrole nitrogens is 2. The number of aryl methyl sites for hydroxylation is 1. The molecule has 2 heterocycles. The van der Waals surface area contributed by atoms with Gasteiger partial charge in [-0.25, -0.2) is 8.78 Å². The summed E-state index contributed by atoms with van der Waals surface area (Å²) in [4.78, 5) is 12.6. The first kappa shape index (κ1) is 15.5. The smallest absolute Gasteiger partial charge is 0.233 e. The molecule has 0 fully saturated rings. The molecule has 0 unspecified atom stereocenters. The van der Waals surface area contributed by atoms with E-state index in [9.17, 15) is 13.6 Å². The van der Waals surface area contributed by atoms with Gasteiger partial charge in [0, 0.05) is 22.9 Å². The van der Waals surface area contributed by atoms with Crippen molar-refractivity contribution < 1.29 is 13.6 Å². The van der Waals surface area contributed by atoms with Gasteiger partial charge in [0.05, 0.1) is 17.8 Å². The Hall–Kier alpha value is -3.03. The van der Waals surface area contributed by atoms with Crippen molar-refractivity contribution in [3.63, 3.8) is 0 Å². The Morgan fingerprint density at radius 2 is 2.16 bits per heavy atom. The third-order valence-corrected chi connectivity index (χ3v) is 4.43. The number of carbonyl (C=O) groups excluding carboxylic acids is 1. The highest BCUT2D eigenvalue weighted by molar-refractivity contribution is 5.95. The molecule has 0 aliphatic heterocycles. The molecule has 0 saturated heterocycles. The van der Waals surface area contributed by atoms with Crippen molar-refractivity contribution in [3.8, 4) is 11.3 Å². The standard InChI is InChI=1S/C17H15F2N5O/c18-12-5-1-4-10(16(12)19)14-7-15(24-23-14)21-17(25)9-3-2-6-13-11(9)8-20-22-13/h1,4-5,7-9H,2-3,6H2,(H,20,22)(H2,21,23,24,25)/t9-/m1/s1. The molecule has 128 valence electrons. The lowest BCUT2D eigenvalue weighted by molar-refractivity contribution is -0.117. The van der Waals surface area contributed by atoms with Gasteiger partial charge in [-0.05, 0) is 31.4 Å². The average Bonchev–Trinajstić information content (AvgIpc) is 3.26. The van der Waals surface area contributed by atoms with E-state index in [4.69, 9.17) is 0 Å². The molecule has 2 aromatic heterocycles. The maximum Gasteiger partial charge on any atom is 0.233 e. The molecule has 0 radical (unpaired) electrons. The van der Waals surface area contributed by atoms with Gasteiger partial charge in [0.25, 0.3) is 0 Å². The molecule has 1 aliphatic rings. The second kappa shape index (κ2) is 6.12. The summed E-state index contributed by atoms with van der Waals surface area (Å²) in [5, 5.41) is 16.2. The van der Waals surface area contributed by atoms with E-state index in [-0.39, 0.29) is 23.2 Å². The van der Waals surface area contributed by atoms with Crippen LogP contribution in [-0.2, 0) is 11.2 Å². The second-order valence-corrected chi connectivity index (χ2v) is 6.01. The van der Waals surface area contributed by atoms with Crippen LogP contribution in [0.15, 0.2) is 30.5 Å². The highest BCUT2D eigenvalue weighted by atomic mass is 19.2. The van der Waals surface area contributed by atoms with Crippen LogP contribution in [0.2, 0.25) is 0 Å². The fourth-order valence-electron chi connectivity index (χ4n) is 3.18. The van der Waals surface area contributed by atoms with Gasteiger partial charge < -0.3 is 5.32 Å². The van der Waals surface area contributed by atoms with Crippen molar-refractivity contribution in [1.82, 2.24) is 20.4 Å². The Balaban J connectivity index is 1.54. The van der Waals surface area contributed by atoms with Crippen LogP contribution in [0.1, 0.15) is 30.0 Å². The van der Waals surface area contributed by atoms with Crippen LogP contribution in [0, 0.1) is 11.6 Å². The van der Waals surface area contributed by atoms with Crippen LogP contribution >= 0.6 is 0 Å². The van der Waals surface area contributed by atoms with E-state index in [1.165, 1.54) is 18.2 Å². The molecule has 25 heavy (non-hydrogen) atoms. The van der Waals surface area contributed by atoms with Crippen molar-refractivity contribution in [3.05, 3.63) is 53.4 Å². The monoisotopic (exact) mass is 343 g/mol. The molecule has 0 bridgehead atoms. The van der Waals surface area contributed by atoms with Crippen LogP contribution in [0.4, 0.5) is 14.6 Å². The van der Waals surface area contributed by atoms with Crippen LogP contribution in [0.3, 0.4) is 0 Å². The van der Waals surface area contributed by atoms with Gasteiger partial charge in [-0.1, -0.05) is 6.07 Å². The molecule has 8 heteroatoms. The summed E-state index contributed by atoms with van der Waals surface area (Å²) in [6.07, 6.45) is 4.18. The zero-order valence-corrected chi connectivity index (χ0v) is 13.1. The first-order valence-electron chi connectivity index (χ1n) is 7.96. The Kier molecular flexibility index (Phi) is 3.79. The predicted molar refractivity (Wildman–Crippen MR) is 86.8 cm³/mol. The van der Waals surface area contributed by atoms with Crippen molar-refractivity contribution in [2.24, 2.45) is 0 Å². The molecule has 1 aromatic carbocycles. The quantitative estimate of drug-likeness (QED) is 0.683. The number of aromatic nitrogens is 4. The van der Waals surface area contributed by atoms with Gasteiger partial charge in [-0.2, -0.15) is 10.2 Å². The maximum atomic E-state index is 13.9. The molecule has 0 saturated carbocycles. The maximum absolute atomic E-state index is 13.9. The van der Waals surface area contributed by atoms with E-state index < -0.39 is 11.6 Å². The number of hydrogen-bond donors (Lipinski definition) is 3. The van der Waals surface area contributed by atoms with E-state index in [2.05, 4.69) is 25.7 Å². The number of rotatable bonds is 3. The van der Waals surface area contributed by atoms with E-state index in [1.807, 2.05) is 0 Å². The molecule has 6 nitrogen and oxygen atoms in total. The summed E-state index contributed by atoms with van der Waals surface area (Å²) < 4.78 is 27.2. The largest absolute Gasteiger partial charge is 0.309 e. The molecule has 1 atom stereocenters. The van der Waals surface area contributed by atoms with E-state index in [0.29, 0.717) is 5.69 Å². The fourth-order valence-corrected chi connectivity index (χ4v) is 3.18. The number of hydrogen-bond acceptors (Lipinski definition) is 3. The van der Waals surface area contributed by atoms with Gasteiger partial charge in [-0.15, -0.1) is 0 Å². The van der Waals surface area contributed by atoms with E-state index >= 15 is 0 Å². The Bertz CT molecular complexity index is 933. The molecular formula is C17H15F2N5O. The number of fused-ring (bicyclic) bond motifs is 1. The van der Waals surface area contributed by atoms with Crippen molar-refractivity contribution in [2.45, 2.75) is 25.2 Å². The minimum Gasteiger partial charge on any atom is -0.309 e. The van der Waals surface area contributed by atoms with Crippen LogP contribution in [-0.4, -0.2) is 26.3 Å². The normalized spacial score (nSPS) is 16.5. The third kappa shape index (κ3) is 2.79. The molecule has 1 amide bonds. The third-order valence-electron chi connectivity index (χ3n) is 4.43. The molecule has 3 aromatic rings. The summed E-state index contributed by atoms with van der Waals surface area (Å²) in [6.45, 7) is 0. The topological polar surface area (TPSA) is 86.5 Å². The molecule has 0 spiro atoms. The van der Waals surface area contributed by atoms with Crippen LogP contribution in [0.25, 0.3) is 11.3 Å². The first-order chi connectivity index (χ1) is 12.1.